The summed E-state index contributed by atoms with van der Waals surface area (Å²) < 4.78 is 0. The van der Waals surface area contributed by atoms with E-state index in [4.69, 9.17) is 0 Å². The fourth-order valence-corrected chi connectivity index (χ4v) is 4.13. The number of hydrogen-bond acceptors (Lipinski definition) is 4. The van der Waals surface area contributed by atoms with Crippen LogP contribution in [0.5, 0.6) is 0 Å². The number of H-pyrrole nitrogens is 1. The Morgan fingerprint density at radius 3 is 2.89 bits per heavy atom. The quantitative estimate of drug-likeness (QED) is 0.872. The molecule has 0 aliphatic carbocycles. The van der Waals surface area contributed by atoms with Gasteiger partial charge in [-0.1, -0.05) is 19.1 Å². The predicted molar refractivity (Wildman–Crippen MR) is 107 cm³/mol. The van der Waals surface area contributed by atoms with E-state index in [1.807, 2.05) is 0 Å². The van der Waals surface area contributed by atoms with Gasteiger partial charge in [-0.15, -0.1) is 0 Å². The van der Waals surface area contributed by atoms with Gasteiger partial charge in [0.15, 0.2) is 5.69 Å². The Morgan fingerprint density at radius 2 is 2.11 bits per heavy atom. The van der Waals surface area contributed by atoms with Gasteiger partial charge < -0.3 is 15.1 Å². The molecule has 1 saturated heterocycles. The molecule has 4 rings (SSSR count). The van der Waals surface area contributed by atoms with Crippen LogP contribution in [0.3, 0.4) is 0 Å². The molecule has 27 heavy (non-hydrogen) atoms. The molecule has 1 amide bonds. The molecule has 0 saturated carbocycles. The van der Waals surface area contributed by atoms with E-state index in [2.05, 4.69) is 63.6 Å². The second-order valence-electron chi connectivity index (χ2n) is 8.06. The van der Waals surface area contributed by atoms with Gasteiger partial charge in [0, 0.05) is 56.1 Å². The molecule has 2 N–H and O–H groups in total. The van der Waals surface area contributed by atoms with Crippen LogP contribution in [0.15, 0.2) is 24.3 Å². The molecule has 1 fully saturated rings. The number of aromatic amines is 1. The number of fused-ring (bicyclic) bond motifs is 1. The van der Waals surface area contributed by atoms with E-state index >= 15 is 0 Å². The van der Waals surface area contributed by atoms with Gasteiger partial charge in [-0.05, 0) is 43.5 Å². The SMILES string of the molecule is C[C@H]1CCCN(c2ccc(CNC(=O)c3n[nH]c4c3CN(C)CC4)cc2)C1. The zero-order valence-corrected chi connectivity index (χ0v) is 16.3. The number of carbonyl (C=O) groups excluding carboxylic acids is 1. The minimum atomic E-state index is -0.100. The zero-order valence-electron chi connectivity index (χ0n) is 16.3. The van der Waals surface area contributed by atoms with Gasteiger partial charge >= 0.3 is 0 Å². The highest BCUT2D eigenvalue weighted by molar-refractivity contribution is 5.94. The van der Waals surface area contributed by atoms with Gasteiger partial charge in [-0.2, -0.15) is 5.10 Å². The van der Waals surface area contributed by atoms with Crippen LogP contribution in [-0.4, -0.2) is 47.7 Å². The Balaban J connectivity index is 1.36. The number of carbonyl (C=O) groups is 1. The molecular formula is C21H29N5O. The second-order valence-corrected chi connectivity index (χ2v) is 8.06. The average molecular weight is 367 g/mol. The lowest BCUT2D eigenvalue weighted by Crippen LogP contribution is -2.34. The van der Waals surface area contributed by atoms with E-state index in [1.54, 1.807) is 0 Å². The highest BCUT2D eigenvalue weighted by Crippen LogP contribution is 2.23. The van der Waals surface area contributed by atoms with Crippen molar-refractivity contribution in [3.05, 3.63) is 46.8 Å². The van der Waals surface area contributed by atoms with Crippen molar-refractivity contribution in [2.45, 2.75) is 39.3 Å². The van der Waals surface area contributed by atoms with Crippen LogP contribution in [0.1, 0.15) is 47.1 Å². The number of anilines is 1. The van der Waals surface area contributed by atoms with Crippen LogP contribution in [0.2, 0.25) is 0 Å². The first-order valence-corrected chi connectivity index (χ1v) is 9.97. The minimum Gasteiger partial charge on any atom is -0.371 e. The number of piperidine rings is 1. The largest absolute Gasteiger partial charge is 0.371 e. The van der Waals surface area contributed by atoms with Crippen LogP contribution in [-0.2, 0) is 19.5 Å². The summed E-state index contributed by atoms with van der Waals surface area (Å²) in [6.45, 7) is 6.89. The topological polar surface area (TPSA) is 64.3 Å². The van der Waals surface area contributed by atoms with Crippen molar-refractivity contribution in [3.8, 4) is 0 Å². The van der Waals surface area contributed by atoms with Crippen LogP contribution in [0.4, 0.5) is 5.69 Å². The van der Waals surface area contributed by atoms with Crippen molar-refractivity contribution >= 4 is 11.6 Å². The Hall–Kier alpha value is -2.34. The van der Waals surface area contributed by atoms with Crippen LogP contribution >= 0.6 is 0 Å². The molecule has 144 valence electrons. The van der Waals surface area contributed by atoms with Gasteiger partial charge in [-0.3, -0.25) is 9.89 Å². The summed E-state index contributed by atoms with van der Waals surface area (Å²) in [7, 11) is 2.07. The van der Waals surface area contributed by atoms with Crippen molar-refractivity contribution in [2.75, 3.05) is 31.6 Å². The Morgan fingerprint density at radius 1 is 1.30 bits per heavy atom. The normalized spacial score (nSPS) is 20.4. The Labute approximate surface area is 160 Å². The number of nitrogens with zero attached hydrogens (tertiary/aromatic N) is 3. The van der Waals surface area contributed by atoms with Crippen molar-refractivity contribution < 1.29 is 4.79 Å². The number of benzene rings is 1. The molecule has 1 aromatic heterocycles. The molecule has 6 nitrogen and oxygen atoms in total. The van der Waals surface area contributed by atoms with Gasteiger partial charge in [0.25, 0.3) is 5.91 Å². The predicted octanol–water partition coefficient (Wildman–Crippen LogP) is 2.56. The fraction of sp³-hybridized carbons (Fsp3) is 0.524. The number of likely N-dealkylation sites (N-methyl/N-ethyl adjacent to an activating group) is 1. The summed E-state index contributed by atoms with van der Waals surface area (Å²) in [5, 5.41) is 10.3. The van der Waals surface area contributed by atoms with E-state index in [0.29, 0.717) is 12.2 Å². The average Bonchev–Trinajstić information content (AvgIpc) is 3.09. The van der Waals surface area contributed by atoms with E-state index in [-0.39, 0.29) is 5.91 Å². The molecule has 1 atom stereocenters. The maximum atomic E-state index is 12.6. The molecule has 0 unspecified atom stereocenters. The number of aromatic nitrogens is 2. The highest BCUT2D eigenvalue weighted by Gasteiger charge is 2.23. The first-order chi connectivity index (χ1) is 13.1. The first-order valence-electron chi connectivity index (χ1n) is 9.97. The smallest absolute Gasteiger partial charge is 0.272 e. The van der Waals surface area contributed by atoms with E-state index in [0.717, 1.165) is 55.3 Å². The summed E-state index contributed by atoms with van der Waals surface area (Å²) in [4.78, 5) is 17.3. The third-order valence-electron chi connectivity index (χ3n) is 5.75. The van der Waals surface area contributed by atoms with E-state index < -0.39 is 0 Å². The number of nitrogens with one attached hydrogen (secondary N) is 2. The lowest BCUT2D eigenvalue weighted by Gasteiger charge is -2.32. The molecule has 2 aromatic rings. The third-order valence-corrected chi connectivity index (χ3v) is 5.75. The van der Waals surface area contributed by atoms with Crippen LogP contribution in [0.25, 0.3) is 0 Å². The lowest BCUT2D eigenvalue weighted by atomic mass is 9.99. The van der Waals surface area contributed by atoms with Gasteiger partial charge in [0.05, 0.1) is 0 Å². The molecule has 2 aliphatic heterocycles. The van der Waals surface area contributed by atoms with Crippen molar-refractivity contribution in [1.82, 2.24) is 20.4 Å². The van der Waals surface area contributed by atoms with Crippen molar-refractivity contribution in [1.29, 1.82) is 0 Å². The summed E-state index contributed by atoms with van der Waals surface area (Å²) in [6, 6.07) is 8.57. The molecule has 0 bridgehead atoms. The third kappa shape index (κ3) is 4.00. The van der Waals surface area contributed by atoms with Crippen molar-refractivity contribution in [3.63, 3.8) is 0 Å². The van der Waals surface area contributed by atoms with E-state index in [9.17, 15) is 4.79 Å². The maximum Gasteiger partial charge on any atom is 0.272 e. The van der Waals surface area contributed by atoms with Gasteiger partial charge in [0.1, 0.15) is 0 Å². The van der Waals surface area contributed by atoms with Crippen LogP contribution < -0.4 is 10.2 Å². The molecule has 3 heterocycles. The summed E-state index contributed by atoms with van der Waals surface area (Å²) in [6.07, 6.45) is 3.51. The lowest BCUT2D eigenvalue weighted by molar-refractivity contribution is 0.0944. The molecule has 0 radical (unpaired) electrons. The molecular weight excluding hydrogens is 338 g/mol. The number of amides is 1. The minimum absolute atomic E-state index is 0.100. The number of rotatable bonds is 4. The zero-order chi connectivity index (χ0) is 18.8. The summed E-state index contributed by atoms with van der Waals surface area (Å²) in [5.74, 6) is 0.660. The van der Waals surface area contributed by atoms with Crippen molar-refractivity contribution in [2.24, 2.45) is 5.92 Å². The summed E-state index contributed by atoms with van der Waals surface area (Å²) >= 11 is 0. The van der Waals surface area contributed by atoms with Gasteiger partial charge in [0.2, 0.25) is 0 Å². The number of hydrogen-bond donors (Lipinski definition) is 2. The highest BCUT2D eigenvalue weighted by atomic mass is 16.1. The molecule has 2 aliphatic rings. The standard InChI is InChI=1S/C21H29N5O/c1-15-4-3-10-26(13-15)17-7-5-16(6-8-17)12-22-21(27)20-18-14-25(2)11-9-19(18)23-24-20/h5-8,15H,3-4,9-14H2,1-2H3,(H,22,27)(H,23,24)/t15-/m0/s1. The molecule has 6 heteroatoms. The Bertz CT molecular complexity index is 797. The second kappa shape index (κ2) is 7.72. The molecule has 0 spiro atoms. The maximum absolute atomic E-state index is 12.6. The fourth-order valence-electron chi connectivity index (χ4n) is 4.13. The van der Waals surface area contributed by atoms with Crippen LogP contribution in [0, 0.1) is 5.92 Å². The Kier molecular flexibility index (Phi) is 5.16. The van der Waals surface area contributed by atoms with Gasteiger partial charge in [-0.25, -0.2) is 0 Å². The first kappa shape index (κ1) is 18.0. The molecule has 1 aromatic carbocycles. The van der Waals surface area contributed by atoms with E-state index in [1.165, 1.54) is 18.5 Å². The monoisotopic (exact) mass is 367 g/mol. The summed E-state index contributed by atoms with van der Waals surface area (Å²) in [5.41, 5.74) is 5.06.